The SMILES string of the molecule is CCN(CC)C(=O)c1sc(NC(=S)N2CCN(c3ccc(C(C)=O)cc3)CC2)c(C(=O)OC)c1C. The molecule has 188 valence electrons. The van der Waals surface area contributed by atoms with E-state index in [0.29, 0.717) is 57.9 Å². The molecular weight excluding hydrogens is 484 g/mol. The third-order valence-electron chi connectivity index (χ3n) is 6.21. The number of nitrogens with one attached hydrogen (secondary N) is 1. The zero-order valence-corrected chi connectivity index (χ0v) is 22.5. The fourth-order valence-corrected chi connectivity index (χ4v) is 5.57. The van der Waals surface area contributed by atoms with Crippen LogP contribution in [-0.2, 0) is 4.74 Å². The molecule has 0 unspecified atom stereocenters. The molecule has 2 aromatic rings. The number of rotatable bonds is 7. The van der Waals surface area contributed by atoms with Crippen LogP contribution in [0.15, 0.2) is 24.3 Å². The van der Waals surface area contributed by atoms with Crippen LogP contribution in [0.25, 0.3) is 0 Å². The minimum absolute atomic E-state index is 0.0508. The molecule has 2 heterocycles. The molecule has 0 bridgehead atoms. The standard InChI is InChI=1S/C25H32N4O4S2/c1-6-27(7-2)23(31)21-16(3)20(24(32)33-5)22(35-21)26-25(34)29-14-12-28(13-15-29)19-10-8-18(9-11-19)17(4)30/h8-11H,6-7,12-15H2,1-5H3,(H,26,34). The summed E-state index contributed by atoms with van der Waals surface area (Å²) < 4.78 is 5.00. The normalized spacial score (nSPS) is 13.4. The maximum atomic E-state index is 13.0. The summed E-state index contributed by atoms with van der Waals surface area (Å²) in [6.45, 7) is 11.3. The first-order valence-corrected chi connectivity index (χ1v) is 12.9. The Balaban J connectivity index is 1.72. The first kappa shape index (κ1) is 26.6. The fraction of sp³-hybridized carbons (Fsp3) is 0.440. The van der Waals surface area contributed by atoms with E-state index in [9.17, 15) is 14.4 Å². The van der Waals surface area contributed by atoms with Crippen molar-refractivity contribution in [1.29, 1.82) is 0 Å². The summed E-state index contributed by atoms with van der Waals surface area (Å²) in [4.78, 5) is 43.6. The van der Waals surface area contributed by atoms with Crippen LogP contribution in [0, 0.1) is 6.92 Å². The Kier molecular flexibility index (Phi) is 8.85. The van der Waals surface area contributed by atoms with Gasteiger partial charge in [-0.05, 0) is 69.7 Å². The van der Waals surface area contributed by atoms with E-state index in [4.69, 9.17) is 17.0 Å². The zero-order valence-electron chi connectivity index (χ0n) is 20.8. The number of piperazine rings is 1. The van der Waals surface area contributed by atoms with E-state index in [1.165, 1.54) is 18.4 Å². The van der Waals surface area contributed by atoms with E-state index in [2.05, 4.69) is 15.1 Å². The molecule has 3 rings (SSSR count). The van der Waals surface area contributed by atoms with Crippen molar-refractivity contribution in [2.45, 2.75) is 27.7 Å². The van der Waals surface area contributed by atoms with E-state index in [1.807, 2.05) is 38.1 Å². The van der Waals surface area contributed by atoms with Crippen molar-refractivity contribution < 1.29 is 19.1 Å². The number of Topliss-reactive ketones (excluding diaryl/α,β-unsaturated/α-hetero) is 1. The molecule has 1 fully saturated rings. The van der Waals surface area contributed by atoms with Crippen LogP contribution < -0.4 is 10.2 Å². The fourth-order valence-electron chi connectivity index (χ4n) is 4.06. The van der Waals surface area contributed by atoms with Crippen LogP contribution >= 0.6 is 23.6 Å². The maximum absolute atomic E-state index is 13.0. The number of benzene rings is 1. The van der Waals surface area contributed by atoms with Gasteiger partial charge in [0.15, 0.2) is 10.9 Å². The topological polar surface area (TPSA) is 82.2 Å². The summed E-state index contributed by atoms with van der Waals surface area (Å²) in [5, 5.41) is 4.24. The van der Waals surface area contributed by atoms with Crippen LogP contribution in [0.2, 0.25) is 0 Å². The van der Waals surface area contributed by atoms with Crippen molar-refractivity contribution in [1.82, 2.24) is 9.80 Å². The Labute approximate surface area is 215 Å². The number of anilines is 2. The number of nitrogens with zero attached hydrogens (tertiary/aromatic N) is 3. The second-order valence-electron chi connectivity index (χ2n) is 8.24. The molecule has 10 heteroatoms. The summed E-state index contributed by atoms with van der Waals surface area (Å²) in [5.41, 5.74) is 2.71. The van der Waals surface area contributed by atoms with Crippen molar-refractivity contribution in [2.24, 2.45) is 0 Å². The predicted molar refractivity (Wildman–Crippen MR) is 144 cm³/mol. The molecule has 1 saturated heterocycles. The number of carbonyl (C=O) groups is 3. The molecule has 0 atom stereocenters. The van der Waals surface area contributed by atoms with Gasteiger partial charge in [0, 0.05) is 50.5 Å². The second kappa shape index (κ2) is 11.6. The smallest absolute Gasteiger partial charge is 0.341 e. The Morgan fingerprint density at radius 3 is 2.20 bits per heavy atom. The molecule has 0 saturated carbocycles. The van der Waals surface area contributed by atoms with E-state index in [1.54, 1.807) is 18.7 Å². The van der Waals surface area contributed by atoms with Crippen molar-refractivity contribution in [3.05, 3.63) is 45.8 Å². The van der Waals surface area contributed by atoms with Gasteiger partial charge in [0.25, 0.3) is 5.91 Å². The number of thiocarbonyl (C=S) groups is 1. The van der Waals surface area contributed by atoms with E-state index >= 15 is 0 Å². The van der Waals surface area contributed by atoms with Gasteiger partial charge >= 0.3 is 5.97 Å². The minimum Gasteiger partial charge on any atom is -0.465 e. The van der Waals surface area contributed by atoms with E-state index in [-0.39, 0.29) is 11.7 Å². The summed E-state index contributed by atoms with van der Waals surface area (Å²) in [6, 6.07) is 7.63. The molecule has 0 aliphatic carbocycles. The number of hydrogen-bond donors (Lipinski definition) is 1. The van der Waals surface area contributed by atoms with Gasteiger partial charge in [0.05, 0.1) is 17.6 Å². The lowest BCUT2D eigenvalue weighted by molar-refractivity contribution is 0.0601. The van der Waals surface area contributed by atoms with Crippen LogP contribution in [0.3, 0.4) is 0 Å². The van der Waals surface area contributed by atoms with E-state index in [0.717, 1.165) is 18.8 Å². The van der Waals surface area contributed by atoms with Gasteiger partial charge < -0.3 is 24.8 Å². The molecule has 1 N–H and O–H groups in total. The first-order valence-electron chi connectivity index (χ1n) is 11.6. The molecule has 1 aromatic heterocycles. The van der Waals surface area contributed by atoms with Crippen LogP contribution in [-0.4, -0.2) is 79.0 Å². The Morgan fingerprint density at radius 1 is 1.09 bits per heavy atom. The summed E-state index contributed by atoms with van der Waals surface area (Å²) in [7, 11) is 1.33. The van der Waals surface area contributed by atoms with Crippen LogP contribution in [0.4, 0.5) is 10.7 Å². The highest BCUT2D eigenvalue weighted by Gasteiger charge is 2.28. The molecule has 0 radical (unpaired) electrons. The molecular formula is C25H32N4O4S2. The highest BCUT2D eigenvalue weighted by Crippen LogP contribution is 2.35. The van der Waals surface area contributed by atoms with Crippen molar-refractivity contribution in [3.8, 4) is 0 Å². The molecule has 1 aliphatic heterocycles. The highest BCUT2D eigenvalue weighted by molar-refractivity contribution is 7.80. The lowest BCUT2D eigenvalue weighted by Crippen LogP contribution is -2.50. The Bertz CT molecular complexity index is 1100. The van der Waals surface area contributed by atoms with Gasteiger partial charge in [0.1, 0.15) is 5.00 Å². The van der Waals surface area contributed by atoms with Gasteiger partial charge in [-0.3, -0.25) is 9.59 Å². The number of ether oxygens (including phenoxy) is 1. The van der Waals surface area contributed by atoms with Crippen LogP contribution in [0.1, 0.15) is 56.7 Å². The largest absolute Gasteiger partial charge is 0.465 e. The molecule has 35 heavy (non-hydrogen) atoms. The molecule has 1 amide bonds. The molecule has 8 nitrogen and oxygen atoms in total. The Hall–Kier alpha value is -2.98. The quantitative estimate of drug-likeness (QED) is 0.335. The Morgan fingerprint density at radius 2 is 1.69 bits per heavy atom. The summed E-state index contributed by atoms with van der Waals surface area (Å²) in [5.74, 6) is -0.553. The third kappa shape index (κ3) is 5.82. The van der Waals surface area contributed by atoms with Crippen molar-refractivity contribution in [3.63, 3.8) is 0 Å². The average molecular weight is 517 g/mol. The lowest BCUT2D eigenvalue weighted by Gasteiger charge is -2.37. The second-order valence-corrected chi connectivity index (χ2v) is 9.64. The molecule has 0 spiro atoms. The third-order valence-corrected chi connectivity index (χ3v) is 7.76. The first-order chi connectivity index (χ1) is 16.7. The molecule has 1 aliphatic rings. The van der Waals surface area contributed by atoms with Gasteiger partial charge in [-0.15, -0.1) is 11.3 Å². The molecule has 1 aromatic carbocycles. The average Bonchev–Trinajstić information content (AvgIpc) is 3.19. The monoisotopic (exact) mass is 516 g/mol. The number of methoxy groups -OCH3 is 1. The number of hydrogen-bond acceptors (Lipinski definition) is 7. The van der Waals surface area contributed by atoms with Gasteiger partial charge in [0.2, 0.25) is 0 Å². The number of ketones is 1. The van der Waals surface area contributed by atoms with Crippen molar-refractivity contribution >= 4 is 57.0 Å². The van der Waals surface area contributed by atoms with Crippen LogP contribution in [0.5, 0.6) is 0 Å². The highest BCUT2D eigenvalue weighted by atomic mass is 32.1. The summed E-state index contributed by atoms with van der Waals surface area (Å²) >= 11 is 6.91. The maximum Gasteiger partial charge on any atom is 0.341 e. The predicted octanol–water partition coefficient (Wildman–Crippen LogP) is 4.05. The zero-order chi connectivity index (χ0) is 25.7. The number of amides is 1. The number of carbonyl (C=O) groups excluding carboxylic acids is 3. The van der Waals surface area contributed by atoms with Gasteiger partial charge in [-0.2, -0.15) is 0 Å². The van der Waals surface area contributed by atoms with Gasteiger partial charge in [-0.1, -0.05) is 0 Å². The number of esters is 1. The minimum atomic E-state index is -0.499. The van der Waals surface area contributed by atoms with Gasteiger partial charge in [-0.25, -0.2) is 4.79 Å². The van der Waals surface area contributed by atoms with E-state index < -0.39 is 5.97 Å². The number of thiophene rings is 1. The lowest BCUT2D eigenvalue weighted by atomic mass is 10.1. The van der Waals surface area contributed by atoms with Crippen molar-refractivity contribution in [2.75, 3.05) is 56.6 Å². The summed E-state index contributed by atoms with van der Waals surface area (Å²) in [6.07, 6.45) is 0.